The molecule has 6 nitrogen and oxygen atoms in total. The number of hydrogen-bond acceptors (Lipinski definition) is 6. The van der Waals surface area contributed by atoms with Crippen molar-refractivity contribution in [2.24, 2.45) is 0 Å². The molecule has 0 aliphatic carbocycles. The molecule has 1 atom stereocenters. The highest BCUT2D eigenvalue weighted by atomic mass is 35.5. The van der Waals surface area contributed by atoms with Gasteiger partial charge in [0.15, 0.2) is 17.3 Å². The number of halogens is 1. The average Bonchev–Trinajstić information content (AvgIpc) is 2.66. The number of nitrogens with zero attached hydrogens (tertiary/aromatic N) is 1. The zero-order chi connectivity index (χ0) is 18.9. The Morgan fingerprint density at radius 3 is 2.81 bits per heavy atom. The van der Waals surface area contributed by atoms with Crippen molar-refractivity contribution < 1.29 is 24.2 Å². The Hall–Kier alpha value is -2.05. The van der Waals surface area contributed by atoms with E-state index in [1.807, 2.05) is 0 Å². The number of allylic oxidation sites excluding steroid dienone is 1. The normalized spacial score (nSPS) is 17.3. The first-order chi connectivity index (χ1) is 12.5. The van der Waals surface area contributed by atoms with E-state index in [2.05, 4.69) is 4.90 Å². The monoisotopic (exact) mass is 397 g/mol. The molecule has 2 rings (SSSR count). The number of phenolic OH excluding ortho intramolecular Hbond substituents is 1. The summed E-state index contributed by atoms with van der Waals surface area (Å²) < 4.78 is 10.2. The number of carbonyl (C=O) groups excluding carboxylic acids is 2. The van der Waals surface area contributed by atoms with Gasteiger partial charge in [0.25, 0.3) is 0 Å². The molecule has 1 aromatic rings. The number of benzene rings is 1. The molecule has 1 fully saturated rings. The Kier molecular flexibility index (Phi) is 9.89. The molecule has 1 aliphatic heterocycles. The minimum absolute atomic E-state index is 0. The second-order valence-corrected chi connectivity index (χ2v) is 6.28. The zero-order valence-corrected chi connectivity index (χ0v) is 16.7. The van der Waals surface area contributed by atoms with E-state index in [4.69, 9.17) is 9.47 Å². The van der Waals surface area contributed by atoms with Crippen LogP contribution in [-0.2, 0) is 14.3 Å². The maximum atomic E-state index is 12.2. The highest BCUT2D eigenvalue weighted by molar-refractivity contribution is 5.93. The van der Waals surface area contributed by atoms with E-state index in [0.717, 1.165) is 31.4 Å². The van der Waals surface area contributed by atoms with E-state index in [9.17, 15) is 14.7 Å². The van der Waals surface area contributed by atoms with E-state index in [-0.39, 0.29) is 36.0 Å². The van der Waals surface area contributed by atoms with Crippen molar-refractivity contribution in [1.82, 2.24) is 4.90 Å². The zero-order valence-electron chi connectivity index (χ0n) is 15.8. The fourth-order valence-corrected chi connectivity index (χ4v) is 3.09. The fraction of sp³-hybridized carbons (Fsp3) is 0.500. The van der Waals surface area contributed by atoms with Crippen LogP contribution in [0.2, 0.25) is 0 Å². The molecule has 27 heavy (non-hydrogen) atoms. The molecule has 7 heteroatoms. The lowest BCUT2D eigenvalue weighted by Gasteiger charge is -2.33. The van der Waals surface area contributed by atoms with Crippen LogP contribution in [0.15, 0.2) is 24.3 Å². The Labute approximate surface area is 166 Å². The van der Waals surface area contributed by atoms with Crippen LogP contribution in [0, 0.1) is 0 Å². The molecular formula is C20H28ClNO5. The number of likely N-dealkylation sites (tertiary alicyclic amines) is 1. The van der Waals surface area contributed by atoms with Gasteiger partial charge in [-0.3, -0.25) is 14.5 Å². The summed E-state index contributed by atoms with van der Waals surface area (Å²) in [6.07, 6.45) is 6.40. The van der Waals surface area contributed by atoms with E-state index >= 15 is 0 Å². The predicted octanol–water partition coefficient (Wildman–Crippen LogP) is 3.21. The van der Waals surface area contributed by atoms with Gasteiger partial charge in [0, 0.05) is 13.0 Å². The molecule has 1 N–H and O–H groups in total. The number of phenols is 1. The molecule has 0 saturated carbocycles. The lowest BCUT2D eigenvalue weighted by Crippen LogP contribution is -2.46. The SMILES string of the molecule is CCOC(=O)C1CCCCN1CCC(=O)C=Cc1ccc(O)c(OC)c1.Cl. The van der Waals surface area contributed by atoms with Crippen LogP contribution in [0.4, 0.5) is 0 Å². The molecule has 1 aromatic carbocycles. The predicted molar refractivity (Wildman–Crippen MR) is 106 cm³/mol. The number of hydrogen-bond donors (Lipinski definition) is 1. The van der Waals surface area contributed by atoms with Crippen molar-refractivity contribution in [3.05, 3.63) is 29.8 Å². The second-order valence-electron chi connectivity index (χ2n) is 6.28. The van der Waals surface area contributed by atoms with Gasteiger partial charge in [-0.1, -0.05) is 18.6 Å². The molecular weight excluding hydrogens is 370 g/mol. The highest BCUT2D eigenvalue weighted by Gasteiger charge is 2.29. The first kappa shape index (κ1) is 23.0. The van der Waals surface area contributed by atoms with Crippen LogP contribution >= 0.6 is 12.4 Å². The second kappa shape index (κ2) is 11.6. The van der Waals surface area contributed by atoms with Crippen LogP contribution in [0.25, 0.3) is 6.08 Å². The van der Waals surface area contributed by atoms with Crippen LogP contribution in [-0.4, -0.2) is 54.6 Å². The first-order valence-corrected chi connectivity index (χ1v) is 9.03. The van der Waals surface area contributed by atoms with Crippen LogP contribution in [0.5, 0.6) is 11.5 Å². The van der Waals surface area contributed by atoms with Gasteiger partial charge in [-0.2, -0.15) is 0 Å². The number of methoxy groups -OCH3 is 1. The number of aromatic hydroxyl groups is 1. The standard InChI is InChI=1S/C20H27NO5.ClH/c1-3-26-20(24)17-6-4-5-12-21(17)13-11-16(22)9-7-15-8-10-18(23)19(14-15)25-2;/h7-10,14,17,23H,3-6,11-13H2,1-2H3;1H. The molecule has 0 amide bonds. The number of esters is 1. The van der Waals surface area contributed by atoms with Gasteiger partial charge in [0.05, 0.1) is 13.7 Å². The molecule has 0 aromatic heterocycles. The first-order valence-electron chi connectivity index (χ1n) is 9.03. The lowest BCUT2D eigenvalue weighted by atomic mass is 10.0. The molecule has 0 radical (unpaired) electrons. The third-order valence-corrected chi connectivity index (χ3v) is 4.48. The minimum atomic E-state index is -0.234. The highest BCUT2D eigenvalue weighted by Crippen LogP contribution is 2.26. The Morgan fingerprint density at radius 2 is 2.11 bits per heavy atom. The van der Waals surface area contributed by atoms with Crippen molar-refractivity contribution in [1.29, 1.82) is 0 Å². The minimum Gasteiger partial charge on any atom is -0.504 e. The Balaban J connectivity index is 0.00000364. The lowest BCUT2D eigenvalue weighted by molar-refractivity contribution is -0.151. The van der Waals surface area contributed by atoms with Crippen LogP contribution in [0.1, 0.15) is 38.2 Å². The van der Waals surface area contributed by atoms with Gasteiger partial charge >= 0.3 is 5.97 Å². The van der Waals surface area contributed by atoms with E-state index in [1.165, 1.54) is 19.3 Å². The summed E-state index contributed by atoms with van der Waals surface area (Å²) in [4.78, 5) is 26.3. The smallest absolute Gasteiger partial charge is 0.323 e. The molecule has 150 valence electrons. The van der Waals surface area contributed by atoms with Crippen LogP contribution < -0.4 is 4.74 Å². The molecule has 0 spiro atoms. The Bertz CT molecular complexity index is 662. The van der Waals surface area contributed by atoms with Crippen molar-refractivity contribution >= 4 is 30.2 Å². The summed E-state index contributed by atoms with van der Waals surface area (Å²) in [6.45, 7) is 3.54. The maximum absolute atomic E-state index is 12.2. The van der Waals surface area contributed by atoms with Crippen molar-refractivity contribution in [2.45, 2.75) is 38.6 Å². The topological polar surface area (TPSA) is 76.1 Å². The number of carbonyl (C=O) groups is 2. The number of ketones is 1. The van der Waals surface area contributed by atoms with Gasteiger partial charge in [0.1, 0.15) is 6.04 Å². The Morgan fingerprint density at radius 1 is 1.33 bits per heavy atom. The largest absolute Gasteiger partial charge is 0.504 e. The van der Waals surface area contributed by atoms with Gasteiger partial charge in [-0.15, -0.1) is 12.4 Å². The fourth-order valence-electron chi connectivity index (χ4n) is 3.09. The molecule has 1 heterocycles. The van der Waals surface area contributed by atoms with Gasteiger partial charge < -0.3 is 14.6 Å². The number of rotatable bonds is 8. The molecule has 1 aliphatic rings. The van der Waals surface area contributed by atoms with Gasteiger partial charge in [0.2, 0.25) is 0 Å². The van der Waals surface area contributed by atoms with E-state index in [1.54, 1.807) is 25.1 Å². The molecule has 1 unspecified atom stereocenters. The van der Waals surface area contributed by atoms with E-state index in [0.29, 0.717) is 25.3 Å². The molecule has 0 bridgehead atoms. The third kappa shape index (κ3) is 6.88. The quantitative estimate of drug-likeness (QED) is 0.536. The van der Waals surface area contributed by atoms with Crippen LogP contribution in [0.3, 0.4) is 0 Å². The summed E-state index contributed by atoms with van der Waals surface area (Å²) in [7, 11) is 1.48. The van der Waals surface area contributed by atoms with Gasteiger partial charge in [-0.25, -0.2) is 0 Å². The van der Waals surface area contributed by atoms with E-state index < -0.39 is 0 Å². The number of ether oxygens (including phenoxy) is 2. The summed E-state index contributed by atoms with van der Waals surface area (Å²) in [5.41, 5.74) is 0.773. The average molecular weight is 398 g/mol. The van der Waals surface area contributed by atoms with Crippen molar-refractivity contribution in [2.75, 3.05) is 26.8 Å². The van der Waals surface area contributed by atoms with Crippen molar-refractivity contribution in [3.8, 4) is 11.5 Å². The summed E-state index contributed by atoms with van der Waals surface area (Å²) in [6, 6.07) is 4.67. The number of piperidine rings is 1. The van der Waals surface area contributed by atoms with Gasteiger partial charge in [-0.05, 0) is 50.1 Å². The summed E-state index contributed by atoms with van der Waals surface area (Å²) in [5, 5.41) is 9.59. The maximum Gasteiger partial charge on any atom is 0.323 e. The van der Waals surface area contributed by atoms with Crippen molar-refractivity contribution in [3.63, 3.8) is 0 Å². The third-order valence-electron chi connectivity index (χ3n) is 4.48. The summed E-state index contributed by atoms with van der Waals surface area (Å²) in [5.74, 6) is 0.230. The molecule has 1 saturated heterocycles. The summed E-state index contributed by atoms with van der Waals surface area (Å²) >= 11 is 0.